The minimum Gasteiger partial charge on any atom is -0.444 e. The highest BCUT2D eigenvalue weighted by atomic mass is 19.1. The van der Waals surface area contributed by atoms with Crippen molar-refractivity contribution in [1.82, 2.24) is 5.32 Å². The van der Waals surface area contributed by atoms with Crippen LogP contribution in [0.4, 0.5) is 19.3 Å². The van der Waals surface area contributed by atoms with Crippen molar-refractivity contribution in [1.29, 1.82) is 0 Å². The number of halogens is 2. The normalized spacial score (nSPS) is 15.2. The SMILES string of the molecule is CC(C)(C)OC(=O)NC/C(=C\F)C(O)c1ccc2c(c1)CCN(c1ccc(F)cc1)C2=O. The summed E-state index contributed by atoms with van der Waals surface area (Å²) >= 11 is 0. The van der Waals surface area contributed by atoms with Gasteiger partial charge < -0.3 is 20.1 Å². The molecule has 2 aromatic rings. The van der Waals surface area contributed by atoms with Crippen molar-refractivity contribution in [2.24, 2.45) is 0 Å². The molecule has 2 aromatic carbocycles. The molecule has 0 bridgehead atoms. The first-order chi connectivity index (χ1) is 15.1. The molecule has 6 nitrogen and oxygen atoms in total. The fourth-order valence-electron chi connectivity index (χ4n) is 3.44. The van der Waals surface area contributed by atoms with E-state index in [9.17, 15) is 23.5 Å². The lowest BCUT2D eigenvalue weighted by atomic mass is 9.93. The summed E-state index contributed by atoms with van der Waals surface area (Å²) in [5.74, 6) is -0.609. The van der Waals surface area contributed by atoms with Crippen LogP contribution in [0, 0.1) is 5.82 Å². The Hall–Kier alpha value is -3.26. The van der Waals surface area contributed by atoms with Gasteiger partial charge in [-0.1, -0.05) is 12.1 Å². The Morgan fingerprint density at radius 3 is 2.56 bits per heavy atom. The van der Waals surface area contributed by atoms with Crippen LogP contribution in [0.2, 0.25) is 0 Å². The Kier molecular flexibility index (Phi) is 6.93. The van der Waals surface area contributed by atoms with Crippen molar-refractivity contribution in [2.45, 2.75) is 38.9 Å². The van der Waals surface area contributed by atoms with E-state index in [4.69, 9.17) is 4.74 Å². The molecule has 32 heavy (non-hydrogen) atoms. The molecule has 0 fully saturated rings. The molecule has 2 amide bonds. The first kappa shape index (κ1) is 23.4. The molecule has 0 aliphatic carbocycles. The molecule has 0 saturated carbocycles. The van der Waals surface area contributed by atoms with E-state index in [1.54, 1.807) is 56.0 Å². The lowest BCUT2D eigenvalue weighted by molar-refractivity contribution is 0.0529. The molecule has 0 aromatic heterocycles. The molecule has 170 valence electrons. The van der Waals surface area contributed by atoms with E-state index in [2.05, 4.69) is 5.32 Å². The van der Waals surface area contributed by atoms with E-state index in [-0.39, 0.29) is 30.2 Å². The monoisotopic (exact) mass is 444 g/mol. The fraction of sp³-hybridized carbons (Fsp3) is 0.333. The second-order valence-corrected chi connectivity index (χ2v) is 8.54. The maximum Gasteiger partial charge on any atom is 0.407 e. The number of nitrogens with one attached hydrogen (secondary N) is 1. The first-order valence-electron chi connectivity index (χ1n) is 10.2. The molecule has 1 aliphatic rings. The molecule has 1 unspecified atom stereocenters. The van der Waals surface area contributed by atoms with Crippen LogP contribution in [0.3, 0.4) is 0 Å². The maximum atomic E-state index is 13.4. The van der Waals surface area contributed by atoms with Gasteiger partial charge in [-0.3, -0.25) is 4.79 Å². The zero-order valence-electron chi connectivity index (χ0n) is 18.2. The van der Waals surface area contributed by atoms with Crippen LogP contribution in [0.5, 0.6) is 0 Å². The number of nitrogens with zero attached hydrogens (tertiary/aromatic N) is 1. The largest absolute Gasteiger partial charge is 0.444 e. The highest BCUT2D eigenvalue weighted by Gasteiger charge is 2.27. The van der Waals surface area contributed by atoms with Crippen molar-refractivity contribution in [3.05, 3.63) is 76.9 Å². The summed E-state index contributed by atoms with van der Waals surface area (Å²) in [6.07, 6.45) is -1.25. The van der Waals surface area contributed by atoms with E-state index >= 15 is 0 Å². The number of hydrogen-bond acceptors (Lipinski definition) is 4. The number of carbonyl (C=O) groups excluding carboxylic acids is 2. The molecular weight excluding hydrogens is 418 g/mol. The summed E-state index contributed by atoms with van der Waals surface area (Å²) in [5, 5.41) is 13.0. The smallest absolute Gasteiger partial charge is 0.407 e. The van der Waals surface area contributed by atoms with Crippen molar-refractivity contribution in [2.75, 3.05) is 18.0 Å². The number of benzene rings is 2. The average molecular weight is 444 g/mol. The predicted molar refractivity (Wildman–Crippen MR) is 117 cm³/mol. The highest BCUT2D eigenvalue weighted by molar-refractivity contribution is 6.08. The van der Waals surface area contributed by atoms with Crippen molar-refractivity contribution < 1.29 is 28.2 Å². The van der Waals surface area contributed by atoms with Crippen molar-refractivity contribution >= 4 is 17.7 Å². The number of alkyl carbamates (subject to hydrolysis) is 1. The number of fused-ring (bicyclic) bond motifs is 1. The number of ether oxygens (including phenoxy) is 1. The summed E-state index contributed by atoms with van der Waals surface area (Å²) < 4.78 is 31.7. The Balaban J connectivity index is 1.72. The minimum atomic E-state index is -1.30. The van der Waals surface area contributed by atoms with E-state index in [0.29, 0.717) is 29.8 Å². The van der Waals surface area contributed by atoms with Crippen LogP contribution in [0.15, 0.2) is 54.4 Å². The van der Waals surface area contributed by atoms with Gasteiger partial charge in [0.15, 0.2) is 0 Å². The van der Waals surface area contributed by atoms with Crippen LogP contribution in [0.1, 0.15) is 48.4 Å². The van der Waals surface area contributed by atoms with Gasteiger partial charge in [0.2, 0.25) is 0 Å². The molecule has 1 aliphatic heterocycles. The van der Waals surface area contributed by atoms with Crippen LogP contribution < -0.4 is 10.2 Å². The van der Waals surface area contributed by atoms with Gasteiger partial charge in [0, 0.05) is 29.9 Å². The average Bonchev–Trinajstić information content (AvgIpc) is 2.73. The third kappa shape index (κ3) is 5.50. The molecule has 3 rings (SSSR count). The summed E-state index contributed by atoms with van der Waals surface area (Å²) in [4.78, 5) is 26.3. The van der Waals surface area contributed by atoms with Crippen molar-refractivity contribution in [3.8, 4) is 0 Å². The van der Waals surface area contributed by atoms with Gasteiger partial charge in [0.25, 0.3) is 5.91 Å². The van der Waals surface area contributed by atoms with E-state index < -0.39 is 17.8 Å². The number of aliphatic hydroxyl groups excluding tert-OH is 1. The van der Waals surface area contributed by atoms with Gasteiger partial charge in [0.1, 0.15) is 17.5 Å². The standard InChI is InChI=1S/C24H26F2N2O4/c1-24(2,3)32-23(31)27-14-17(13-25)21(29)16-4-9-20-15(12-16)10-11-28(22(20)30)19-7-5-18(26)6-8-19/h4-9,12-13,21,29H,10-11,14H2,1-3H3,(H,27,31)/b17-13+. The van der Waals surface area contributed by atoms with Gasteiger partial charge in [0.05, 0.1) is 6.33 Å². The molecule has 8 heteroatoms. The number of anilines is 1. The zero-order valence-corrected chi connectivity index (χ0v) is 18.2. The van der Waals surface area contributed by atoms with Crippen LogP contribution in [-0.4, -0.2) is 35.8 Å². The van der Waals surface area contributed by atoms with Crippen LogP contribution in [-0.2, 0) is 11.2 Å². The summed E-state index contributed by atoms with van der Waals surface area (Å²) in [5.41, 5.74) is 1.45. The second kappa shape index (κ2) is 9.48. The summed E-state index contributed by atoms with van der Waals surface area (Å²) in [6, 6.07) is 10.5. The maximum absolute atomic E-state index is 13.4. The van der Waals surface area contributed by atoms with Crippen LogP contribution >= 0.6 is 0 Å². The number of hydrogen-bond donors (Lipinski definition) is 2. The predicted octanol–water partition coefficient (Wildman–Crippen LogP) is 4.44. The second-order valence-electron chi connectivity index (χ2n) is 8.54. The fourth-order valence-corrected chi connectivity index (χ4v) is 3.44. The van der Waals surface area contributed by atoms with Gasteiger partial charge in [-0.2, -0.15) is 0 Å². The lowest BCUT2D eigenvalue weighted by Gasteiger charge is -2.29. The third-order valence-electron chi connectivity index (χ3n) is 4.99. The zero-order chi connectivity index (χ0) is 23.5. The highest BCUT2D eigenvalue weighted by Crippen LogP contribution is 2.29. The molecule has 2 N–H and O–H groups in total. The van der Waals surface area contributed by atoms with Crippen LogP contribution in [0.25, 0.3) is 0 Å². The molecular formula is C24H26F2N2O4. The van der Waals surface area contributed by atoms with Gasteiger partial charge in [-0.05, 0) is 68.7 Å². The Morgan fingerprint density at radius 1 is 1.25 bits per heavy atom. The topological polar surface area (TPSA) is 78.9 Å². The molecule has 1 atom stereocenters. The number of aliphatic hydroxyl groups is 1. The molecule has 0 spiro atoms. The number of amides is 2. The Labute approximate surface area is 185 Å². The van der Waals surface area contributed by atoms with Gasteiger partial charge in [-0.25, -0.2) is 13.6 Å². The minimum absolute atomic E-state index is 0.0501. The number of carbonyl (C=O) groups is 2. The van der Waals surface area contributed by atoms with Gasteiger partial charge >= 0.3 is 6.09 Å². The molecule has 0 saturated heterocycles. The molecule has 0 radical (unpaired) electrons. The first-order valence-corrected chi connectivity index (χ1v) is 10.2. The van der Waals surface area contributed by atoms with E-state index in [0.717, 1.165) is 5.56 Å². The van der Waals surface area contributed by atoms with E-state index in [1.165, 1.54) is 12.1 Å². The Morgan fingerprint density at radius 2 is 1.94 bits per heavy atom. The van der Waals surface area contributed by atoms with Crippen molar-refractivity contribution in [3.63, 3.8) is 0 Å². The summed E-state index contributed by atoms with van der Waals surface area (Å²) in [6.45, 7) is 5.28. The molecule has 1 heterocycles. The summed E-state index contributed by atoms with van der Waals surface area (Å²) in [7, 11) is 0. The lowest BCUT2D eigenvalue weighted by Crippen LogP contribution is -2.37. The Bertz CT molecular complexity index is 1030. The number of rotatable bonds is 5. The quantitative estimate of drug-likeness (QED) is 0.715. The third-order valence-corrected chi connectivity index (χ3v) is 4.99. The van der Waals surface area contributed by atoms with Gasteiger partial charge in [-0.15, -0.1) is 0 Å². The van der Waals surface area contributed by atoms with E-state index in [1.807, 2.05) is 0 Å².